The average molecular weight is 223 g/mol. The Morgan fingerprint density at radius 1 is 1.29 bits per heavy atom. The van der Waals surface area contributed by atoms with Crippen molar-refractivity contribution in [3.8, 4) is 17.2 Å². The second kappa shape index (κ2) is 4.67. The lowest BCUT2D eigenvalue weighted by Gasteiger charge is -2.08. The number of hydrogen-bond donors (Lipinski definition) is 1. The van der Waals surface area contributed by atoms with E-state index in [1.165, 1.54) is 0 Å². The van der Waals surface area contributed by atoms with Crippen LogP contribution in [-0.4, -0.2) is 4.98 Å². The molecule has 0 aliphatic rings. The molecule has 0 bridgehead atoms. The zero-order valence-electron chi connectivity index (χ0n) is 9.64. The molecule has 1 heterocycles. The number of nitrogens with zero attached hydrogens (tertiary/aromatic N) is 2. The Kier molecular flexibility index (Phi) is 3.06. The second-order valence-electron chi connectivity index (χ2n) is 3.75. The first kappa shape index (κ1) is 11.2. The summed E-state index contributed by atoms with van der Waals surface area (Å²) in [7, 11) is 0. The fourth-order valence-electron chi connectivity index (χ4n) is 1.76. The van der Waals surface area contributed by atoms with E-state index in [1.54, 1.807) is 0 Å². The molecule has 1 aromatic heterocycles. The largest absolute Gasteiger partial charge is 0.383 e. The van der Waals surface area contributed by atoms with Gasteiger partial charge in [-0.25, -0.2) is 4.98 Å². The highest BCUT2D eigenvalue weighted by molar-refractivity contribution is 5.75. The number of rotatable bonds is 2. The Morgan fingerprint density at radius 2 is 2.00 bits per heavy atom. The highest BCUT2D eigenvalue weighted by Gasteiger charge is 2.10. The number of hydrogen-bond acceptors (Lipinski definition) is 3. The molecule has 3 heteroatoms. The monoisotopic (exact) mass is 223 g/mol. The molecule has 0 amide bonds. The predicted molar refractivity (Wildman–Crippen MR) is 68.2 cm³/mol. The SMILES string of the molecule is CCc1cc(-c2ccccc2)c(C#N)c(N)n1. The third kappa shape index (κ3) is 2.11. The van der Waals surface area contributed by atoms with Crippen molar-refractivity contribution in [3.63, 3.8) is 0 Å². The van der Waals surface area contributed by atoms with Crippen LogP contribution in [0.3, 0.4) is 0 Å². The smallest absolute Gasteiger partial charge is 0.142 e. The molecule has 2 rings (SSSR count). The molecule has 17 heavy (non-hydrogen) atoms. The minimum absolute atomic E-state index is 0.311. The number of benzene rings is 1. The zero-order valence-corrected chi connectivity index (χ0v) is 9.64. The maximum atomic E-state index is 9.15. The highest BCUT2D eigenvalue weighted by Crippen LogP contribution is 2.27. The van der Waals surface area contributed by atoms with Gasteiger partial charge in [0.2, 0.25) is 0 Å². The normalized spacial score (nSPS) is 9.88. The highest BCUT2D eigenvalue weighted by atomic mass is 14.8. The number of pyridine rings is 1. The third-order valence-corrected chi connectivity index (χ3v) is 2.66. The van der Waals surface area contributed by atoms with E-state index in [4.69, 9.17) is 11.0 Å². The summed E-state index contributed by atoms with van der Waals surface area (Å²) in [5.41, 5.74) is 9.02. The Hall–Kier alpha value is -2.34. The molecule has 0 aliphatic carbocycles. The van der Waals surface area contributed by atoms with Gasteiger partial charge >= 0.3 is 0 Å². The number of aryl methyl sites for hydroxylation is 1. The Morgan fingerprint density at radius 3 is 2.59 bits per heavy atom. The van der Waals surface area contributed by atoms with Gasteiger partial charge in [0, 0.05) is 11.3 Å². The molecule has 0 radical (unpaired) electrons. The first-order chi connectivity index (χ1) is 8.26. The van der Waals surface area contributed by atoms with Gasteiger partial charge in [-0.1, -0.05) is 37.3 Å². The summed E-state index contributed by atoms with van der Waals surface area (Å²) in [5.74, 6) is 0.311. The van der Waals surface area contributed by atoms with Crippen molar-refractivity contribution in [2.75, 3.05) is 5.73 Å². The summed E-state index contributed by atoms with van der Waals surface area (Å²) in [6.07, 6.45) is 0.801. The molecule has 1 aromatic carbocycles. The molecule has 2 aromatic rings. The molecule has 0 atom stereocenters. The fourth-order valence-corrected chi connectivity index (χ4v) is 1.76. The van der Waals surface area contributed by atoms with Crippen molar-refractivity contribution in [2.45, 2.75) is 13.3 Å². The maximum Gasteiger partial charge on any atom is 0.142 e. The lowest BCUT2D eigenvalue weighted by atomic mass is 10.00. The van der Waals surface area contributed by atoms with Crippen molar-refractivity contribution in [1.82, 2.24) is 4.98 Å². The number of nitrogen functional groups attached to an aromatic ring is 1. The van der Waals surface area contributed by atoms with Crippen molar-refractivity contribution in [2.24, 2.45) is 0 Å². The van der Waals surface area contributed by atoms with Crippen LogP contribution in [0.15, 0.2) is 36.4 Å². The minimum atomic E-state index is 0.311. The van der Waals surface area contributed by atoms with Gasteiger partial charge in [-0.05, 0) is 18.1 Å². The molecule has 2 N–H and O–H groups in total. The first-order valence-corrected chi connectivity index (χ1v) is 5.51. The third-order valence-electron chi connectivity index (χ3n) is 2.66. The van der Waals surface area contributed by atoms with Crippen molar-refractivity contribution >= 4 is 5.82 Å². The van der Waals surface area contributed by atoms with Gasteiger partial charge < -0.3 is 5.73 Å². The van der Waals surface area contributed by atoms with Gasteiger partial charge in [-0.3, -0.25) is 0 Å². The summed E-state index contributed by atoms with van der Waals surface area (Å²) < 4.78 is 0. The topological polar surface area (TPSA) is 62.7 Å². The molecule has 0 saturated heterocycles. The van der Waals surface area contributed by atoms with Crippen molar-refractivity contribution < 1.29 is 0 Å². The zero-order chi connectivity index (χ0) is 12.3. The molecule has 3 nitrogen and oxygen atoms in total. The Bertz CT molecular complexity index is 568. The van der Waals surface area contributed by atoms with Crippen LogP contribution in [0.2, 0.25) is 0 Å². The van der Waals surface area contributed by atoms with Crippen LogP contribution >= 0.6 is 0 Å². The Balaban J connectivity index is 2.68. The number of nitriles is 1. The summed E-state index contributed by atoms with van der Waals surface area (Å²) in [4.78, 5) is 4.20. The lowest BCUT2D eigenvalue weighted by molar-refractivity contribution is 1.04. The molecule has 0 aliphatic heterocycles. The summed E-state index contributed by atoms with van der Waals surface area (Å²) in [6, 6.07) is 13.8. The number of anilines is 1. The minimum Gasteiger partial charge on any atom is -0.383 e. The summed E-state index contributed by atoms with van der Waals surface area (Å²) in [6.45, 7) is 2.02. The molecule has 0 unspecified atom stereocenters. The molecular weight excluding hydrogens is 210 g/mol. The van der Waals surface area contributed by atoms with Crippen LogP contribution in [0.25, 0.3) is 11.1 Å². The van der Waals surface area contributed by atoms with Crippen molar-refractivity contribution in [3.05, 3.63) is 47.7 Å². The molecule has 0 fully saturated rings. The van der Waals surface area contributed by atoms with E-state index in [0.29, 0.717) is 11.4 Å². The van der Waals surface area contributed by atoms with Crippen LogP contribution in [0.4, 0.5) is 5.82 Å². The average Bonchev–Trinajstić information content (AvgIpc) is 2.38. The summed E-state index contributed by atoms with van der Waals surface area (Å²) >= 11 is 0. The lowest BCUT2D eigenvalue weighted by Crippen LogP contribution is -2.01. The van der Waals surface area contributed by atoms with Gasteiger partial charge in [0.25, 0.3) is 0 Å². The standard InChI is InChI=1S/C14H13N3/c1-2-11-8-12(10-6-4-3-5-7-10)13(9-15)14(16)17-11/h3-8H,2H2,1H3,(H2,16,17). The van der Waals surface area contributed by atoms with Gasteiger partial charge in [0.05, 0.1) is 0 Å². The van der Waals surface area contributed by atoms with E-state index in [-0.39, 0.29) is 0 Å². The van der Waals surface area contributed by atoms with E-state index in [0.717, 1.165) is 23.2 Å². The number of nitrogens with two attached hydrogens (primary N) is 1. The van der Waals surface area contributed by atoms with Gasteiger partial charge in [0.15, 0.2) is 0 Å². The van der Waals surface area contributed by atoms with Crippen molar-refractivity contribution in [1.29, 1.82) is 5.26 Å². The van der Waals surface area contributed by atoms with Gasteiger partial charge in [0.1, 0.15) is 17.5 Å². The molecule has 84 valence electrons. The van der Waals surface area contributed by atoms with Gasteiger partial charge in [-0.2, -0.15) is 5.26 Å². The Labute approximate surface area is 101 Å². The molecule has 0 saturated carbocycles. The summed E-state index contributed by atoms with van der Waals surface area (Å²) in [5, 5.41) is 9.15. The molecular formula is C14H13N3. The van der Waals surface area contributed by atoms with E-state index in [2.05, 4.69) is 11.1 Å². The van der Waals surface area contributed by atoms with E-state index in [9.17, 15) is 0 Å². The van der Waals surface area contributed by atoms with Crippen LogP contribution in [-0.2, 0) is 6.42 Å². The first-order valence-electron chi connectivity index (χ1n) is 5.51. The second-order valence-corrected chi connectivity index (χ2v) is 3.75. The number of aromatic nitrogens is 1. The fraction of sp³-hybridized carbons (Fsp3) is 0.143. The van der Waals surface area contributed by atoms with E-state index in [1.807, 2.05) is 43.3 Å². The van der Waals surface area contributed by atoms with E-state index < -0.39 is 0 Å². The maximum absolute atomic E-state index is 9.15. The predicted octanol–water partition coefficient (Wildman–Crippen LogP) is 2.76. The van der Waals surface area contributed by atoms with E-state index >= 15 is 0 Å². The van der Waals surface area contributed by atoms with Crippen LogP contribution in [0.5, 0.6) is 0 Å². The van der Waals surface area contributed by atoms with Crippen LogP contribution in [0, 0.1) is 11.3 Å². The van der Waals surface area contributed by atoms with Crippen LogP contribution < -0.4 is 5.73 Å². The van der Waals surface area contributed by atoms with Gasteiger partial charge in [-0.15, -0.1) is 0 Å². The molecule has 0 spiro atoms. The quantitative estimate of drug-likeness (QED) is 0.851. The van der Waals surface area contributed by atoms with Crippen LogP contribution in [0.1, 0.15) is 18.2 Å².